The van der Waals surface area contributed by atoms with Crippen LogP contribution < -0.4 is 10.6 Å². The molecule has 0 spiro atoms. The van der Waals surface area contributed by atoms with Crippen LogP contribution in [0, 0.1) is 0 Å². The molecule has 0 aromatic heterocycles. The van der Waals surface area contributed by atoms with Gasteiger partial charge in [-0.05, 0) is 32.7 Å². The van der Waals surface area contributed by atoms with Gasteiger partial charge in [-0.3, -0.25) is 4.79 Å². The van der Waals surface area contributed by atoms with E-state index >= 15 is 0 Å². The van der Waals surface area contributed by atoms with Gasteiger partial charge in [0, 0.05) is 6.54 Å². The summed E-state index contributed by atoms with van der Waals surface area (Å²) in [6, 6.07) is -0.0637. The highest BCUT2D eigenvalue weighted by Gasteiger charge is 2.24. The average molecular weight is 228 g/mol. The lowest BCUT2D eigenvalue weighted by molar-refractivity contribution is -0.124. The highest BCUT2D eigenvalue weighted by Crippen LogP contribution is 2.11. The van der Waals surface area contributed by atoms with Crippen LogP contribution in [0.25, 0.3) is 0 Å². The number of aliphatic hydroxyl groups is 1. The lowest BCUT2D eigenvalue weighted by Gasteiger charge is -2.26. The topological polar surface area (TPSA) is 61.4 Å². The Bertz CT molecular complexity index is 223. The summed E-state index contributed by atoms with van der Waals surface area (Å²) in [5.74, 6) is 0.0241. The van der Waals surface area contributed by atoms with Crippen molar-refractivity contribution in [1.82, 2.24) is 10.6 Å². The van der Waals surface area contributed by atoms with Gasteiger partial charge in [-0.1, -0.05) is 19.8 Å². The van der Waals surface area contributed by atoms with Gasteiger partial charge in [-0.2, -0.15) is 0 Å². The van der Waals surface area contributed by atoms with E-state index in [-0.39, 0.29) is 11.9 Å². The molecule has 16 heavy (non-hydrogen) atoms. The molecule has 0 radical (unpaired) electrons. The Balaban J connectivity index is 2.28. The number of carbonyl (C=O) groups excluding carboxylic acids is 1. The van der Waals surface area contributed by atoms with Crippen LogP contribution >= 0.6 is 0 Å². The van der Waals surface area contributed by atoms with E-state index in [1.54, 1.807) is 6.92 Å². The summed E-state index contributed by atoms with van der Waals surface area (Å²) in [7, 11) is 0. The molecule has 4 nitrogen and oxygen atoms in total. The molecule has 0 aromatic carbocycles. The summed E-state index contributed by atoms with van der Waals surface area (Å²) in [4.78, 5) is 11.8. The Morgan fingerprint density at radius 2 is 2.31 bits per heavy atom. The molecule has 3 N–H and O–H groups in total. The molecule has 1 rings (SSSR count). The number of carbonyl (C=O) groups is 1. The summed E-state index contributed by atoms with van der Waals surface area (Å²) in [6.07, 6.45) is 4.80. The zero-order valence-corrected chi connectivity index (χ0v) is 10.4. The minimum atomic E-state index is -0.779. The minimum absolute atomic E-state index is 0.0241. The highest BCUT2D eigenvalue weighted by molar-refractivity contribution is 5.81. The van der Waals surface area contributed by atoms with E-state index in [1.165, 1.54) is 0 Å². The normalized spacial score (nSPS) is 24.8. The van der Waals surface area contributed by atoms with E-state index in [2.05, 4.69) is 10.6 Å². The van der Waals surface area contributed by atoms with Crippen molar-refractivity contribution < 1.29 is 9.90 Å². The third-order valence-electron chi connectivity index (χ3n) is 3.06. The molecule has 0 aromatic rings. The molecule has 94 valence electrons. The van der Waals surface area contributed by atoms with Gasteiger partial charge in [0.1, 0.15) is 0 Å². The third kappa shape index (κ3) is 4.49. The van der Waals surface area contributed by atoms with Gasteiger partial charge < -0.3 is 15.7 Å². The zero-order valence-electron chi connectivity index (χ0n) is 10.4. The average Bonchev–Trinajstić information content (AvgIpc) is 2.27. The van der Waals surface area contributed by atoms with Crippen molar-refractivity contribution in [3.8, 4) is 0 Å². The predicted octanol–water partition coefficient (Wildman–Crippen LogP) is 0.796. The second-order valence-electron chi connectivity index (χ2n) is 4.97. The molecule has 2 unspecified atom stereocenters. The van der Waals surface area contributed by atoms with Gasteiger partial charge in [0.2, 0.25) is 5.91 Å². The van der Waals surface area contributed by atoms with Crippen LogP contribution in [0.3, 0.4) is 0 Å². The van der Waals surface area contributed by atoms with Gasteiger partial charge in [0.15, 0.2) is 0 Å². The zero-order chi connectivity index (χ0) is 12.0. The van der Waals surface area contributed by atoms with Crippen molar-refractivity contribution in [3.63, 3.8) is 0 Å². The van der Waals surface area contributed by atoms with Gasteiger partial charge in [0.05, 0.1) is 11.6 Å². The van der Waals surface area contributed by atoms with Gasteiger partial charge in [-0.15, -0.1) is 0 Å². The molecular formula is C12H24N2O2. The lowest BCUT2D eigenvalue weighted by Crippen LogP contribution is -2.50. The maximum Gasteiger partial charge on any atom is 0.237 e. The standard InChI is InChI=1S/C12H24N2O2/c1-3-7-12(2,16)9-14-11(15)10-6-4-5-8-13-10/h10,13,16H,3-9H2,1-2H3,(H,14,15). The fourth-order valence-electron chi connectivity index (χ4n) is 2.10. The van der Waals surface area contributed by atoms with E-state index in [0.29, 0.717) is 13.0 Å². The Morgan fingerprint density at radius 3 is 2.88 bits per heavy atom. The van der Waals surface area contributed by atoms with Crippen LogP contribution in [-0.2, 0) is 4.79 Å². The van der Waals surface area contributed by atoms with E-state index in [1.807, 2.05) is 6.92 Å². The Kier molecular flexibility index (Phi) is 5.22. The van der Waals surface area contributed by atoms with E-state index in [9.17, 15) is 9.90 Å². The van der Waals surface area contributed by atoms with Crippen LogP contribution in [-0.4, -0.2) is 35.7 Å². The molecule has 2 atom stereocenters. The smallest absolute Gasteiger partial charge is 0.237 e. The second-order valence-corrected chi connectivity index (χ2v) is 4.97. The van der Waals surface area contributed by atoms with Crippen molar-refractivity contribution in [2.45, 2.75) is 57.6 Å². The van der Waals surface area contributed by atoms with Gasteiger partial charge in [-0.25, -0.2) is 0 Å². The molecule has 1 heterocycles. The second kappa shape index (κ2) is 6.21. The first-order valence-electron chi connectivity index (χ1n) is 6.28. The first kappa shape index (κ1) is 13.5. The van der Waals surface area contributed by atoms with Crippen molar-refractivity contribution in [3.05, 3.63) is 0 Å². The first-order valence-corrected chi connectivity index (χ1v) is 6.28. The fraction of sp³-hybridized carbons (Fsp3) is 0.917. The summed E-state index contributed by atoms with van der Waals surface area (Å²) in [5.41, 5.74) is -0.779. The summed E-state index contributed by atoms with van der Waals surface area (Å²) in [6.45, 7) is 5.06. The predicted molar refractivity (Wildman–Crippen MR) is 64.2 cm³/mol. The molecule has 1 saturated heterocycles. The van der Waals surface area contributed by atoms with Crippen LogP contribution in [0.1, 0.15) is 46.0 Å². The fourth-order valence-corrected chi connectivity index (χ4v) is 2.10. The lowest BCUT2D eigenvalue weighted by atomic mass is 10.00. The van der Waals surface area contributed by atoms with E-state index in [4.69, 9.17) is 0 Å². The minimum Gasteiger partial charge on any atom is -0.388 e. The van der Waals surface area contributed by atoms with Crippen molar-refractivity contribution in [2.24, 2.45) is 0 Å². The maximum atomic E-state index is 11.8. The molecule has 1 aliphatic heterocycles. The largest absolute Gasteiger partial charge is 0.388 e. The van der Waals surface area contributed by atoms with E-state index in [0.717, 1.165) is 32.2 Å². The molecule has 1 fully saturated rings. The van der Waals surface area contributed by atoms with E-state index < -0.39 is 5.60 Å². The number of piperidine rings is 1. The summed E-state index contributed by atoms with van der Waals surface area (Å²) in [5, 5.41) is 15.9. The van der Waals surface area contributed by atoms with Crippen molar-refractivity contribution >= 4 is 5.91 Å². The number of rotatable bonds is 5. The molecule has 1 amide bonds. The Morgan fingerprint density at radius 1 is 1.56 bits per heavy atom. The van der Waals surface area contributed by atoms with Crippen molar-refractivity contribution in [1.29, 1.82) is 0 Å². The Hall–Kier alpha value is -0.610. The summed E-state index contributed by atoms with van der Waals surface area (Å²) >= 11 is 0. The molecule has 4 heteroatoms. The third-order valence-corrected chi connectivity index (χ3v) is 3.06. The number of amides is 1. The molecule has 1 aliphatic rings. The molecule has 0 saturated carbocycles. The molecule has 0 bridgehead atoms. The van der Waals surface area contributed by atoms with Gasteiger partial charge in [0.25, 0.3) is 0 Å². The number of hydrogen-bond donors (Lipinski definition) is 3. The SMILES string of the molecule is CCCC(C)(O)CNC(=O)C1CCCCN1. The van der Waals surface area contributed by atoms with Crippen LogP contribution in [0.15, 0.2) is 0 Å². The molecule has 0 aliphatic carbocycles. The number of hydrogen-bond acceptors (Lipinski definition) is 3. The van der Waals surface area contributed by atoms with Crippen LogP contribution in [0.2, 0.25) is 0 Å². The highest BCUT2D eigenvalue weighted by atomic mass is 16.3. The van der Waals surface area contributed by atoms with Crippen molar-refractivity contribution in [2.75, 3.05) is 13.1 Å². The van der Waals surface area contributed by atoms with Crippen LogP contribution in [0.4, 0.5) is 0 Å². The Labute approximate surface area is 97.8 Å². The molecular weight excluding hydrogens is 204 g/mol. The summed E-state index contributed by atoms with van der Waals surface area (Å²) < 4.78 is 0. The number of nitrogens with one attached hydrogen (secondary N) is 2. The first-order chi connectivity index (χ1) is 7.55. The van der Waals surface area contributed by atoms with Gasteiger partial charge >= 0.3 is 0 Å². The maximum absolute atomic E-state index is 11.8. The van der Waals surface area contributed by atoms with Crippen LogP contribution in [0.5, 0.6) is 0 Å². The monoisotopic (exact) mass is 228 g/mol. The quantitative estimate of drug-likeness (QED) is 0.652.